The van der Waals surface area contributed by atoms with Gasteiger partial charge in [-0.05, 0) is 55.3 Å². The average Bonchev–Trinajstić information content (AvgIpc) is 3.09. The zero-order valence-corrected chi connectivity index (χ0v) is 20.6. The third-order valence-electron chi connectivity index (χ3n) is 5.20. The van der Waals surface area contributed by atoms with Crippen LogP contribution in [-0.4, -0.2) is 29.4 Å². The molecule has 0 unspecified atom stereocenters. The molecule has 3 aromatic rings. The van der Waals surface area contributed by atoms with Gasteiger partial charge in [-0.3, -0.25) is 9.36 Å². The number of aromatic nitrogens is 1. The molecule has 0 saturated heterocycles. The molecule has 2 aromatic carbocycles. The number of carbonyl (C=O) groups is 1. The van der Waals surface area contributed by atoms with Crippen LogP contribution in [0.25, 0.3) is 6.08 Å². The van der Waals surface area contributed by atoms with Gasteiger partial charge in [0.25, 0.3) is 5.56 Å². The Morgan fingerprint density at radius 2 is 2.00 bits per heavy atom. The van der Waals surface area contributed by atoms with E-state index in [0.29, 0.717) is 31.9 Å². The quantitative estimate of drug-likeness (QED) is 0.513. The second-order valence-corrected chi connectivity index (χ2v) is 9.21. The Balaban J connectivity index is 1.94. The number of aromatic hydroxyl groups is 1. The number of carbonyl (C=O) groups excluding carboxylic acids is 1. The number of phenols is 1. The molecule has 1 N–H and O–H groups in total. The lowest BCUT2D eigenvalue weighted by atomic mass is 9.96. The highest BCUT2D eigenvalue weighted by atomic mass is 79.9. The van der Waals surface area contributed by atoms with E-state index >= 15 is 0 Å². The molecule has 9 heteroatoms. The summed E-state index contributed by atoms with van der Waals surface area (Å²) in [4.78, 5) is 31.5. The first-order valence-electron chi connectivity index (χ1n) is 10.2. The van der Waals surface area contributed by atoms with Gasteiger partial charge < -0.3 is 14.6 Å². The predicted octanol–water partition coefficient (Wildman–Crippen LogP) is 3.28. The van der Waals surface area contributed by atoms with Crippen molar-refractivity contribution in [1.82, 2.24) is 4.57 Å². The molecule has 0 radical (unpaired) electrons. The fourth-order valence-corrected chi connectivity index (χ4v) is 5.00. The van der Waals surface area contributed by atoms with Gasteiger partial charge in [-0.1, -0.05) is 45.5 Å². The second kappa shape index (κ2) is 9.36. The van der Waals surface area contributed by atoms with E-state index in [4.69, 9.17) is 9.47 Å². The van der Waals surface area contributed by atoms with E-state index in [9.17, 15) is 14.7 Å². The largest absolute Gasteiger partial charge is 0.504 e. The summed E-state index contributed by atoms with van der Waals surface area (Å²) >= 11 is 4.67. The Bertz CT molecular complexity index is 1440. The molecule has 0 saturated carbocycles. The van der Waals surface area contributed by atoms with Crippen LogP contribution in [0, 0.1) is 0 Å². The monoisotopic (exact) mass is 528 g/mol. The van der Waals surface area contributed by atoms with E-state index in [0.717, 1.165) is 10.0 Å². The fraction of sp³-hybridized carbons (Fsp3) is 0.208. The topological polar surface area (TPSA) is 90.1 Å². The predicted molar refractivity (Wildman–Crippen MR) is 129 cm³/mol. The minimum Gasteiger partial charge on any atom is -0.504 e. The molecular formula is C24H21BrN2O5S. The molecular weight excluding hydrogens is 508 g/mol. The average molecular weight is 529 g/mol. The van der Waals surface area contributed by atoms with Crippen molar-refractivity contribution >= 4 is 39.3 Å². The smallest absolute Gasteiger partial charge is 0.338 e. The number of benzene rings is 2. The second-order valence-electron chi connectivity index (χ2n) is 7.29. The normalized spacial score (nSPS) is 15.8. The summed E-state index contributed by atoms with van der Waals surface area (Å²) < 4.78 is 13.3. The number of allylic oxidation sites excluding steroid dienone is 1. The molecule has 0 spiro atoms. The number of phenolic OH excluding ortho intramolecular Hbond substituents is 1. The van der Waals surface area contributed by atoms with Crippen molar-refractivity contribution in [3.8, 4) is 11.5 Å². The summed E-state index contributed by atoms with van der Waals surface area (Å²) in [6.45, 7) is 3.71. The first-order chi connectivity index (χ1) is 15.8. The zero-order valence-electron chi connectivity index (χ0n) is 18.2. The number of fused-ring (bicyclic) bond motifs is 1. The van der Waals surface area contributed by atoms with Crippen LogP contribution in [0.1, 0.15) is 31.0 Å². The van der Waals surface area contributed by atoms with E-state index in [1.165, 1.54) is 29.1 Å². The molecule has 170 valence electrons. The van der Waals surface area contributed by atoms with Gasteiger partial charge in [-0.15, -0.1) is 0 Å². The molecule has 2 heterocycles. The molecule has 0 bridgehead atoms. The summed E-state index contributed by atoms with van der Waals surface area (Å²) in [5.74, 6) is -0.171. The van der Waals surface area contributed by atoms with Crippen LogP contribution in [-0.2, 0) is 9.53 Å². The number of ether oxygens (including phenoxy) is 2. The number of hydrogen-bond donors (Lipinski definition) is 1. The summed E-state index contributed by atoms with van der Waals surface area (Å²) in [5.41, 5.74) is 2.05. The molecule has 4 rings (SSSR count). The van der Waals surface area contributed by atoms with E-state index in [1.54, 1.807) is 32.1 Å². The van der Waals surface area contributed by atoms with E-state index in [2.05, 4.69) is 20.9 Å². The van der Waals surface area contributed by atoms with Crippen LogP contribution < -0.4 is 19.6 Å². The molecule has 0 fully saturated rings. The number of rotatable bonds is 5. The molecule has 0 aliphatic carbocycles. The third-order valence-corrected chi connectivity index (χ3v) is 6.72. The van der Waals surface area contributed by atoms with Crippen molar-refractivity contribution < 1.29 is 19.4 Å². The highest BCUT2D eigenvalue weighted by Crippen LogP contribution is 2.31. The zero-order chi connectivity index (χ0) is 23.7. The summed E-state index contributed by atoms with van der Waals surface area (Å²) in [6.07, 6.45) is 1.72. The van der Waals surface area contributed by atoms with E-state index < -0.39 is 12.0 Å². The number of esters is 1. The number of methoxy groups -OCH3 is 1. The maximum atomic E-state index is 13.5. The van der Waals surface area contributed by atoms with E-state index in [-0.39, 0.29) is 17.9 Å². The summed E-state index contributed by atoms with van der Waals surface area (Å²) in [7, 11) is 1.46. The Labute approximate surface area is 202 Å². The highest BCUT2D eigenvalue weighted by Gasteiger charge is 2.33. The number of nitrogens with zero attached hydrogens (tertiary/aromatic N) is 2. The highest BCUT2D eigenvalue weighted by molar-refractivity contribution is 9.10. The molecule has 33 heavy (non-hydrogen) atoms. The standard InChI is InChI=1S/C24H21BrN2O5S/c1-4-32-23(30)20-13(2)26-24-27(21(20)15-6-8-16(25)9-7-15)22(29)19(33-24)12-14-5-10-17(28)18(11-14)31-3/h5-12,21,28H,4H2,1-3H3/t21-/m1/s1. The van der Waals surface area contributed by atoms with Gasteiger partial charge in [0.15, 0.2) is 16.3 Å². The third kappa shape index (κ3) is 4.38. The molecule has 1 aliphatic heterocycles. The first-order valence-corrected chi connectivity index (χ1v) is 11.8. The lowest BCUT2D eigenvalue weighted by Gasteiger charge is -2.24. The van der Waals surface area contributed by atoms with Crippen molar-refractivity contribution in [2.75, 3.05) is 13.7 Å². The summed E-state index contributed by atoms with van der Waals surface area (Å²) in [5, 5.41) is 9.85. The maximum Gasteiger partial charge on any atom is 0.338 e. The number of hydrogen-bond acceptors (Lipinski definition) is 7. The van der Waals surface area contributed by atoms with Crippen LogP contribution >= 0.6 is 27.3 Å². The molecule has 0 amide bonds. The van der Waals surface area contributed by atoms with Gasteiger partial charge in [-0.25, -0.2) is 9.79 Å². The van der Waals surface area contributed by atoms with Gasteiger partial charge in [0.1, 0.15) is 0 Å². The van der Waals surface area contributed by atoms with Crippen molar-refractivity contribution in [2.24, 2.45) is 4.99 Å². The fourth-order valence-electron chi connectivity index (χ4n) is 3.69. The first kappa shape index (κ1) is 23.0. The van der Waals surface area contributed by atoms with Crippen LogP contribution in [0.4, 0.5) is 0 Å². The Morgan fingerprint density at radius 3 is 2.67 bits per heavy atom. The van der Waals surface area contributed by atoms with Gasteiger partial charge >= 0.3 is 5.97 Å². The van der Waals surface area contributed by atoms with E-state index in [1.807, 2.05) is 24.3 Å². The maximum absolute atomic E-state index is 13.5. The van der Waals surface area contributed by atoms with Crippen molar-refractivity contribution in [3.63, 3.8) is 0 Å². The Hall–Kier alpha value is -3.17. The summed E-state index contributed by atoms with van der Waals surface area (Å²) in [6, 6.07) is 11.7. The van der Waals surface area contributed by atoms with Gasteiger partial charge in [-0.2, -0.15) is 0 Å². The Kier molecular flexibility index (Phi) is 6.53. The lowest BCUT2D eigenvalue weighted by Crippen LogP contribution is -2.39. The van der Waals surface area contributed by atoms with Gasteiger partial charge in [0.2, 0.25) is 0 Å². The molecule has 1 atom stereocenters. The van der Waals surface area contributed by atoms with Crippen molar-refractivity contribution in [1.29, 1.82) is 0 Å². The van der Waals surface area contributed by atoms with Crippen LogP contribution in [0.2, 0.25) is 0 Å². The minimum atomic E-state index is -0.662. The molecule has 1 aromatic heterocycles. The molecule has 1 aliphatic rings. The lowest BCUT2D eigenvalue weighted by molar-refractivity contribution is -0.139. The van der Waals surface area contributed by atoms with Crippen LogP contribution in [0.3, 0.4) is 0 Å². The number of halogens is 1. The Morgan fingerprint density at radius 1 is 1.27 bits per heavy atom. The van der Waals surface area contributed by atoms with Gasteiger partial charge in [0, 0.05) is 4.47 Å². The van der Waals surface area contributed by atoms with Gasteiger partial charge in [0.05, 0.1) is 35.6 Å². The SMILES string of the molecule is CCOC(=O)C1=C(C)N=c2sc(=Cc3ccc(O)c(OC)c3)c(=O)n2[C@@H]1c1ccc(Br)cc1. The number of thiazole rings is 1. The van der Waals surface area contributed by atoms with Crippen molar-refractivity contribution in [2.45, 2.75) is 19.9 Å². The molecule has 7 nitrogen and oxygen atoms in total. The van der Waals surface area contributed by atoms with Crippen LogP contribution in [0.5, 0.6) is 11.5 Å². The minimum absolute atomic E-state index is 0.0149. The van der Waals surface area contributed by atoms with Crippen molar-refractivity contribution in [3.05, 3.63) is 89.0 Å². The van der Waals surface area contributed by atoms with Crippen LogP contribution in [0.15, 0.2) is 68.0 Å².